The van der Waals surface area contributed by atoms with Gasteiger partial charge in [0.05, 0.1) is 11.4 Å². The predicted molar refractivity (Wildman–Crippen MR) is 73.2 cm³/mol. The molecule has 0 saturated carbocycles. The van der Waals surface area contributed by atoms with Gasteiger partial charge >= 0.3 is 0 Å². The largest absolute Gasteiger partial charge is 0.311 e. The van der Waals surface area contributed by atoms with Crippen LogP contribution in [0.3, 0.4) is 0 Å². The summed E-state index contributed by atoms with van der Waals surface area (Å²) in [5.74, 6) is 0.463. The number of rotatable bonds is 9. The van der Waals surface area contributed by atoms with Crippen molar-refractivity contribution < 1.29 is 8.42 Å². The summed E-state index contributed by atoms with van der Waals surface area (Å²) in [6.45, 7) is 6.23. The van der Waals surface area contributed by atoms with Crippen LogP contribution in [0.15, 0.2) is 12.3 Å². The van der Waals surface area contributed by atoms with Crippen LogP contribution in [0, 0.1) is 0 Å². The van der Waals surface area contributed by atoms with Crippen molar-refractivity contribution >= 4 is 9.84 Å². The highest BCUT2D eigenvalue weighted by Gasteiger charge is 2.07. The van der Waals surface area contributed by atoms with Crippen molar-refractivity contribution in [1.29, 1.82) is 0 Å². The van der Waals surface area contributed by atoms with Crippen molar-refractivity contribution in [3.05, 3.63) is 18.0 Å². The van der Waals surface area contributed by atoms with E-state index in [0.717, 1.165) is 25.2 Å². The molecule has 0 radical (unpaired) electrons. The number of hydrogen-bond acceptors (Lipinski definition) is 4. The number of aromatic nitrogens is 2. The molecular formula is C12H23N3O2S. The van der Waals surface area contributed by atoms with E-state index < -0.39 is 9.84 Å². The molecule has 6 heteroatoms. The Morgan fingerprint density at radius 2 is 2.17 bits per heavy atom. The lowest BCUT2D eigenvalue weighted by Crippen LogP contribution is -2.15. The molecule has 0 saturated heterocycles. The molecule has 0 aliphatic rings. The maximum absolute atomic E-state index is 11.3. The SMILES string of the molecule is CCCNCc1ccn(CCCS(=O)(=O)CC)n1. The Hall–Kier alpha value is -0.880. The van der Waals surface area contributed by atoms with Gasteiger partial charge in [-0.15, -0.1) is 0 Å². The van der Waals surface area contributed by atoms with E-state index in [4.69, 9.17) is 0 Å². The van der Waals surface area contributed by atoms with Crippen LogP contribution < -0.4 is 5.32 Å². The molecule has 1 heterocycles. The highest BCUT2D eigenvalue weighted by molar-refractivity contribution is 7.91. The monoisotopic (exact) mass is 273 g/mol. The van der Waals surface area contributed by atoms with E-state index in [1.807, 2.05) is 16.9 Å². The van der Waals surface area contributed by atoms with Gasteiger partial charge in [0, 0.05) is 25.0 Å². The fourth-order valence-electron chi connectivity index (χ4n) is 1.61. The minimum Gasteiger partial charge on any atom is -0.311 e. The Balaban J connectivity index is 2.31. The summed E-state index contributed by atoms with van der Waals surface area (Å²) in [7, 11) is -2.85. The van der Waals surface area contributed by atoms with Gasteiger partial charge in [-0.2, -0.15) is 5.10 Å². The van der Waals surface area contributed by atoms with E-state index in [-0.39, 0.29) is 11.5 Å². The Morgan fingerprint density at radius 1 is 1.39 bits per heavy atom. The molecule has 0 amide bonds. The normalized spacial score (nSPS) is 11.9. The number of nitrogens with one attached hydrogen (secondary N) is 1. The number of nitrogens with zero attached hydrogens (tertiary/aromatic N) is 2. The molecule has 0 aromatic carbocycles. The van der Waals surface area contributed by atoms with Gasteiger partial charge in [0.1, 0.15) is 9.84 Å². The van der Waals surface area contributed by atoms with Gasteiger partial charge in [0.15, 0.2) is 0 Å². The van der Waals surface area contributed by atoms with Gasteiger partial charge in [-0.05, 0) is 25.5 Å². The Morgan fingerprint density at radius 3 is 2.83 bits per heavy atom. The van der Waals surface area contributed by atoms with Crippen LogP contribution in [-0.2, 0) is 22.9 Å². The van der Waals surface area contributed by atoms with E-state index in [2.05, 4.69) is 17.3 Å². The van der Waals surface area contributed by atoms with Crippen LogP contribution in [-0.4, -0.2) is 36.2 Å². The van der Waals surface area contributed by atoms with Crippen LogP contribution >= 0.6 is 0 Å². The summed E-state index contributed by atoms with van der Waals surface area (Å²) < 4.78 is 24.5. The number of aryl methyl sites for hydroxylation is 1. The molecule has 0 spiro atoms. The zero-order valence-corrected chi connectivity index (χ0v) is 12.0. The molecule has 18 heavy (non-hydrogen) atoms. The zero-order chi connectivity index (χ0) is 13.4. The smallest absolute Gasteiger partial charge is 0.150 e. The lowest BCUT2D eigenvalue weighted by Gasteiger charge is -2.02. The summed E-state index contributed by atoms with van der Waals surface area (Å²) in [6.07, 6.45) is 3.64. The summed E-state index contributed by atoms with van der Waals surface area (Å²) in [4.78, 5) is 0. The second-order valence-corrected chi connectivity index (χ2v) is 6.81. The summed E-state index contributed by atoms with van der Waals surface area (Å²) in [6, 6.07) is 1.97. The lowest BCUT2D eigenvalue weighted by molar-refractivity contribution is 0.565. The van der Waals surface area contributed by atoms with Gasteiger partial charge in [0.2, 0.25) is 0 Å². The number of hydrogen-bond donors (Lipinski definition) is 1. The number of sulfone groups is 1. The van der Waals surface area contributed by atoms with Gasteiger partial charge in [-0.1, -0.05) is 13.8 Å². The fraction of sp³-hybridized carbons (Fsp3) is 0.750. The highest BCUT2D eigenvalue weighted by atomic mass is 32.2. The van der Waals surface area contributed by atoms with E-state index in [0.29, 0.717) is 13.0 Å². The second-order valence-electron chi connectivity index (χ2n) is 4.34. The van der Waals surface area contributed by atoms with Crippen molar-refractivity contribution in [2.45, 2.75) is 39.8 Å². The van der Waals surface area contributed by atoms with E-state index in [1.54, 1.807) is 6.92 Å². The quantitative estimate of drug-likeness (QED) is 0.687. The molecule has 0 atom stereocenters. The minimum atomic E-state index is -2.85. The van der Waals surface area contributed by atoms with Crippen LogP contribution in [0.2, 0.25) is 0 Å². The first kappa shape index (κ1) is 15.2. The predicted octanol–water partition coefficient (Wildman–Crippen LogP) is 1.21. The van der Waals surface area contributed by atoms with E-state index in [9.17, 15) is 8.42 Å². The summed E-state index contributed by atoms with van der Waals surface area (Å²) in [5.41, 5.74) is 1.00. The topological polar surface area (TPSA) is 64.0 Å². The Labute approximate surface area is 109 Å². The third-order valence-electron chi connectivity index (χ3n) is 2.71. The highest BCUT2D eigenvalue weighted by Crippen LogP contribution is 1.99. The summed E-state index contributed by atoms with van der Waals surface area (Å²) in [5, 5.41) is 7.67. The van der Waals surface area contributed by atoms with Crippen LogP contribution in [0.4, 0.5) is 0 Å². The van der Waals surface area contributed by atoms with E-state index >= 15 is 0 Å². The maximum atomic E-state index is 11.3. The van der Waals surface area contributed by atoms with Crippen molar-refractivity contribution in [1.82, 2.24) is 15.1 Å². The molecule has 0 unspecified atom stereocenters. The maximum Gasteiger partial charge on any atom is 0.150 e. The molecule has 0 bridgehead atoms. The van der Waals surface area contributed by atoms with Crippen LogP contribution in [0.25, 0.3) is 0 Å². The first-order valence-electron chi connectivity index (χ1n) is 6.51. The molecule has 5 nitrogen and oxygen atoms in total. The third-order valence-corrected chi connectivity index (χ3v) is 4.50. The average Bonchev–Trinajstić information content (AvgIpc) is 2.77. The van der Waals surface area contributed by atoms with Crippen molar-refractivity contribution in [2.75, 3.05) is 18.1 Å². The van der Waals surface area contributed by atoms with Gasteiger partial charge in [-0.3, -0.25) is 4.68 Å². The summed E-state index contributed by atoms with van der Waals surface area (Å²) >= 11 is 0. The average molecular weight is 273 g/mol. The molecule has 0 aliphatic heterocycles. The standard InChI is InChI=1S/C12H23N3O2S/c1-3-7-13-11-12-6-9-15(14-12)8-5-10-18(16,17)4-2/h6,9,13H,3-5,7-8,10-11H2,1-2H3. The molecule has 0 fully saturated rings. The first-order valence-corrected chi connectivity index (χ1v) is 8.33. The second kappa shape index (κ2) is 7.53. The molecule has 1 aromatic heterocycles. The third kappa shape index (κ3) is 5.64. The van der Waals surface area contributed by atoms with Gasteiger partial charge in [-0.25, -0.2) is 8.42 Å². The fourth-order valence-corrected chi connectivity index (χ4v) is 2.46. The molecule has 1 aromatic rings. The van der Waals surface area contributed by atoms with Crippen LogP contribution in [0.5, 0.6) is 0 Å². The lowest BCUT2D eigenvalue weighted by atomic mass is 10.4. The minimum absolute atomic E-state index is 0.221. The van der Waals surface area contributed by atoms with Crippen molar-refractivity contribution in [2.24, 2.45) is 0 Å². The first-order chi connectivity index (χ1) is 8.57. The van der Waals surface area contributed by atoms with Crippen LogP contribution in [0.1, 0.15) is 32.4 Å². The van der Waals surface area contributed by atoms with Gasteiger partial charge < -0.3 is 5.32 Å². The molecule has 0 aliphatic carbocycles. The zero-order valence-electron chi connectivity index (χ0n) is 11.2. The molecule has 1 rings (SSSR count). The van der Waals surface area contributed by atoms with Crippen molar-refractivity contribution in [3.63, 3.8) is 0 Å². The molecular weight excluding hydrogens is 250 g/mol. The Kier molecular flexibility index (Phi) is 6.35. The van der Waals surface area contributed by atoms with Gasteiger partial charge in [0.25, 0.3) is 0 Å². The molecule has 1 N–H and O–H groups in total. The van der Waals surface area contributed by atoms with E-state index in [1.165, 1.54) is 0 Å². The van der Waals surface area contributed by atoms with Crippen molar-refractivity contribution in [3.8, 4) is 0 Å². The molecule has 104 valence electrons. The Bertz CT molecular complexity index is 440.